The van der Waals surface area contributed by atoms with Crippen LogP contribution >= 0.6 is 0 Å². The minimum Gasteiger partial charge on any atom is -0.459 e. The summed E-state index contributed by atoms with van der Waals surface area (Å²) in [5.41, 5.74) is 5.35. The van der Waals surface area contributed by atoms with Crippen LogP contribution in [-0.2, 0) is 16.2 Å². The Balaban J connectivity index is 1.24. The van der Waals surface area contributed by atoms with E-state index in [2.05, 4.69) is 10.3 Å². The van der Waals surface area contributed by atoms with Gasteiger partial charge in [0.05, 0.1) is 35.9 Å². The number of aromatic nitrogens is 1. The minimum atomic E-state index is -0.961. The second-order valence-electron chi connectivity index (χ2n) is 12.7. The molecule has 9 nitrogen and oxygen atoms in total. The van der Waals surface area contributed by atoms with E-state index in [1.54, 1.807) is 30.5 Å². The average molecular weight is 648 g/mol. The van der Waals surface area contributed by atoms with E-state index in [9.17, 15) is 24.9 Å². The number of hydrogen-bond donors (Lipinski definition) is 4. The van der Waals surface area contributed by atoms with E-state index in [1.807, 2.05) is 80.6 Å². The van der Waals surface area contributed by atoms with Crippen molar-refractivity contribution in [2.24, 2.45) is 23.7 Å². The Morgan fingerprint density at radius 1 is 0.958 bits per heavy atom. The normalized spacial score (nSPS) is 20.4. The predicted molar refractivity (Wildman–Crippen MR) is 185 cm³/mol. The smallest absolute Gasteiger partial charge is 0.238 e. The number of fused-ring (bicyclic) bond motifs is 1. The number of anilines is 3. The van der Waals surface area contributed by atoms with Gasteiger partial charge in [-0.05, 0) is 103 Å². The van der Waals surface area contributed by atoms with Gasteiger partial charge in [-0.2, -0.15) is 0 Å². The van der Waals surface area contributed by atoms with Gasteiger partial charge < -0.3 is 25.1 Å². The summed E-state index contributed by atoms with van der Waals surface area (Å²) in [6.45, 7) is 3.46. The van der Waals surface area contributed by atoms with Crippen molar-refractivity contribution in [2.75, 3.05) is 16.8 Å². The summed E-state index contributed by atoms with van der Waals surface area (Å²) in [7, 11) is 0. The topological polar surface area (TPSA) is 136 Å². The molecule has 4 N–H and O–H groups in total. The number of benzene rings is 2. The molecule has 0 radical (unpaired) electrons. The van der Waals surface area contributed by atoms with Crippen LogP contribution in [0.4, 0.5) is 17.1 Å². The van der Waals surface area contributed by atoms with Gasteiger partial charge in [0.25, 0.3) is 0 Å². The van der Waals surface area contributed by atoms with E-state index >= 15 is 0 Å². The highest BCUT2D eigenvalue weighted by Crippen LogP contribution is 2.49. The van der Waals surface area contributed by atoms with Gasteiger partial charge in [0.15, 0.2) is 0 Å². The fourth-order valence-corrected chi connectivity index (χ4v) is 7.08. The zero-order chi connectivity index (χ0) is 33.8. The third-order valence-corrected chi connectivity index (χ3v) is 9.40. The summed E-state index contributed by atoms with van der Waals surface area (Å²) in [4.78, 5) is 33.7. The number of para-hydroxylation sites is 1. The molecule has 4 atom stereocenters. The molecule has 1 saturated heterocycles. The van der Waals surface area contributed by atoms with Crippen LogP contribution in [0.3, 0.4) is 0 Å². The summed E-state index contributed by atoms with van der Waals surface area (Å²) in [6.07, 6.45) is 3.67. The van der Waals surface area contributed by atoms with E-state index in [4.69, 9.17) is 4.42 Å². The van der Waals surface area contributed by atoms with Crippen molar-refractivity contribution in [3.05, 3.63) is 119 Å². The third kappa shape index (κ3) is 6.75. The molecule has 248 valence electrons. The first-order valence-electron chi connectivity index (χ1n) is 16.4. The van der Waals surface area contributed by atoms with E-state index in [0.29, 0.717) is 42.0 Å². The molecular weight excluding hydrogens is 606 g/mol. The van der Waals surface area contributed by atoms with Gasteiger partial charge in [0, 0.05) is 23.5 Å². The van der Waals surface area contributed by atoms with Crippen molar-refractivity contribution in [2.45, 2.75) is 45.8 Å². The van der Waals surface area contributed by atoms with Crippen molar-refractivity contribution >= 4 is 40.5 Å². The number of imide groups is 1. The molecular formula is C39H41N3O6. The Morgan fingerprint density at radius 2 is 1.69 bits per heavy atom. The van der Waals surface area contributed by atoms with Crippen LogP contribution in [0.15, 0.2) is 107 Å². The predicted octanol–water partition coefficient (Wildman–Crippen LogP) is 6.36. The zero-order valence-corrected chi connectivity index (χ0v) is 27.1. The molecule has 2 aromatic heterocycles. The molecule has 2 aliphatic rings. The van der Waals surface area contributed by atoms with E-state index in [1.165, 1.54) is 4.90 Å². The molecule has 48 heavy (non-hydrogen) atoms. The van der Waals surface area contributed by atoms with Crippen molar-refractivity contribution in [3.63, 3.8) is 0 Å². The first-order chi connectivity index (χ1) is 23.3. The second kappa shape index (κ2) is 14.5. The second-order valence-corrected chi connectivity index (χ2v) is 12.7. The lowest BCUT2D eigenvalue weighted by Gasteiger charge is -2.38. The molecule has 1 fully saturated rings. The van der Waals surface area contributed by atoms with Crippen LogP contribution in [0.5, 0.6) is 0 Å². The SMILES string of the molecule is CC(C)C1=C([C@H](O)CC/C(=C/c2ccc(CO)o2)c2ccccn2)[C@H](CO)[C@@H]2C(=O)N(c3ccc(Nc4ccccc4)cc3)C(=O)[C@@H]2C1. The fourth-order valence-electron chi connectivity index (χ4n) is 7.08. The number of furan rings is 1. The standard InChI is InChI=1S/C39H41N3O6/c1-24(2)31-21-32-37(39(47)42(38(32)46)28-14-12-27(13-15-28)41-26-8-4-3-5-9-26)33(23-44)36(31)35(45)18-11-25(34-10-6-7-19-40-34)20-29-16-17-30(22-43)48-29/h3-10,12-17,19-20,24,32-33,35,37,41,43-45H,11,18,21-23H2,1-2H3/b25-20-/t32-,33+,35-,37-/m1/s1. The molecule has 3 heterocycles. The first-order valence-corrected chi connectivity index (χ1v) is 16.4. The number of allylic oxidation sites excluding steroid dienone is 2. The van der Waals surface area contributed by atoms with Crippen molar-refractivity contribution in [1.82, 2.24) is 4.98 Å². The number of rotatable bonds is 12. The molecule has 0 spiro atoms. The Hall–Kier alpha value is -4.83. The molecule has 1 aliphatic carbocycles. The van der Waals surface area contributed by atoms with Gasteiger partial charge in [-0.3, -0.25) is 19.5 Å². The van der Waals surface area contributed by atoms with Crippen LogP contribution in [0.1, 0.15) is 50.3 Å². The van der Waals surface area contributed by atoms with Gasteiger partial charge in [-0.15, -0.1) is 0 Å². The Morgan fingerprint density at radius 3 is 2.33 bits per heavy atom. The number of nitrogens with zero attached hydrogens (tertiary/aromatic N) is 2. The van der Waals surface area contributed by atoms with E-state index in [0.717, 1.165) is 28.2 Å². The van der Waals surface area contributed by atoms with Gasteiger partial charge in [0.2, 0.25) is 11.8 Å². The van der Waals surface area contributed by atoms with Crippen LogP contribution in [0.2, 0.25) is 0 Å². The lowest BCUT2D eigenvalue weighted by molar-refractivity contribution is -0.123. The molecule has 0 saturated carbocycles. The summed E-state index contributed by atoms with van der Waals surface area (Å²) in [5.74, 6) is -1.72. The molecule has 6 rings (SSSR count). The van der Waals surface area contributed by atoms with Gasteiger partial charge in [-0.1, -0.05) is 43.7 Å². The Kier molecular flexibility index (Phi) is 10.0. The quantitative estimate of drug-likeness (QED) is 0.103. The third-order valence-electron chi connectivity index (χ3n) is 9.40. The number of carbonyl (C=O) groups excluding carboxylic acids is 2. The highest BCUT2D eigenvalue weighted by Gasteiger charge is 2.55. The lowest BCUT2D eigenvalue weighted by Crippen LogP contribution is -2.39. The molecule has 1 aliphatic heterocycles. The molecule has 4 aromatic rings. The number of carbonyl (C=O) groups is 2. The van der Waals surface area contributed by atoms with Gasteiger partial charge >= 0.3 is 0 Å². The number of nitrogens with one attached hydrogen (secondary N) is 1. The van der Waals surface area contributed by atoms with Crippen molar-refractivity contribution < 1.29 is 29.3 Å². The Bertz CT molecular complexity index is 1800. The van der Waals surface area contributed by atoms with Gasteiger partial charge in [0.1, 0.15) is 18.1 Å². The van der Waals surface area contributed by atoms with Crippen LogP contribution in [0, 0.1) is 23.7 Å². The largest absolute Gasteiger partial charge is 0.459 e. The molecule has 0 bridgehead atoms. The number of aliphatic hydroxyl groups is 3. The summed E-state index contributed by atoms with van der Waals surface area (Å²) >= 11 is 0. The maximum Gasteiger partial charge on any atom is 0.238 e. The maximum atomic E-state index is 14.1. The van der Waals surface area contributed by atoms with Gasteiger partial charge in [-0.25, -0.2) is 0 Å². The van der Waals surface area contributed by atoms with Crippen molar-refractivity contribution in [1.29, 1.82) is 0 Å². The number of hydrogen-bond acceptors (Lipinski definition) is 8. The minimum absolute atomic E-state index is 0.00392. The maximum absolute atomic E-state index is 14.1. The van der Waals surface area contributed by atoms with E-state index in [-0.39, 0.29) is 30.9 Å². The summed E-state index contributed by atoms with van der Waals surface area (Å²) in [5, 5.41) is 35.4. The Labute approximate surface area is 280 Å². The zero-order valence-electron chi connectivity index (χ0n) is 27.1. The first kappa shape index (κ1) is 33.1. The van der Waals surface area contributed by atoms with Crippen LogP contribution in [-0.4, -0.2) is 44.8 Å². The molecule has 2 amide bonds. The number of amides is 2. The summed E-state index contributed by atoms with van der Waals surface area (Å²) in [6, 6.07) is 26.0. The lowest BCUT2D eigenvalue weighted by atomic mass is 9.66. The fraction of sp³-hybridized carbons (Fsp3) is 0.308. The molecule has 9 heteroatoms. The number of aliphatic hydroxyl groups excluding tert-OH is 3. The van der Waals surface area contributed by atoms with Crippen molar-refractivity contribution in [3.8, 4) is 0 Å². The van der Waals surface area contributed by atoms with Crippen LogP contribution in [0.25, 0.3) is 11.6 Å². The highest BCUT2D eigenvalue weighted by molar-refractivity contribution is 6.22. The average Bonchev–Trinajstić information content (AvgIpc) is 3.67. The molecule has 0 unspecified atom stereocenters. The molecule has 2 aromatic carbocycles. The monoisotopic (exact) mass is 647 g/mol. The highest BCUT2D eigenvalue weighted by atomic mass is 16.4. The van der Waals surface area contributed by atoms with Crippen LogP contribution < -0.4 is 10.2 Å². The summed E-state index contributed by atoms with van der Waals surface area (Å²) < 4.78 is 5.70. The van der Waals surface area contributed by atoms with E-state index < -0.39 is 23.9 Å². The number of pyridine rings is 1.